The van der Waals surface area contributed by atoms with Gasteiger partial charge in [-0.3, -0.25) is 19.7 Å². The highest BCUT2D eigenvalue weighted by Crippen LogP contribution is 2.21. The molecule has 0 aromatic heterocycles. The molecule has 1 aromatic carbocycles. The zero-order chi connectivity index (χ0) is 20.0. The molecule has 3 N–H and O–H groups in total. The zero-order valence-electron chi connectivity index (χ0n) is 14.9. The van der Waals surface area contributed by atoms with Gasteiger partial charge >= 0.3 is 12.0 Å². The average Bonchev–Trinajstić information content (AvgIpc) is 2.64. The Bertz CT molecular complexity index is 721. The molecule has 10 nitrogen and oxygen atoms in total. The van der Waals surface area contributed by atoms with Crippen molar-refractivity contribution in [3.05, 3.63) is 39.9 Å². The summed E-state index contributed by atoms with van der Waals surface area (Å²) < 4.78 is 0. The first-order valence-corrected chi connectivity index (χ1v) is 8.52. The van der Waals surface area contributed by atoms with Gasteiger partial charge in [-0.2, -0.15) is 0 Å². The molecule has 0 saturated carbocycles. The van der Waals surface area contributed by atoms with Gasteiger partial charge in [0, 0.05) is 31.8 Å². The second-order valence-electron chi connectivity index (χ2n) is 6.63. The number of amides is 3. The third-order valence-electron chi connectivity index (χ3n) is 4.36. The van der Waals surface area contributed by atoms with E-state index in [1.807, 2.05) is 6.92 Å². The summed E-state index contributed by atoms with van der Waals surface area (Å²) in [6.07, 6.45) is 0.530. The molecule has 146 valence electrons. The number of nitrogens with zero attached hydrogens (tertiary/aromatic N) is 2. The number of rotatable bonds is 6. The Morgan fingerprint density at radius 2 is 1.89 bits per heavy atom. The molecule has 3 amide bonds. The van der Waals surface area contributed by atoms with Crippen LogP contribution in [-0.2, 0) is 16.1 Å². The number of nitro groups is 1. The van der Waals surface area contributed by atoms with Gasteiger partial charge in [-0.25, -0.2) is 4.79 Å². The minimum absolute atomic E-state index is 0.0378. The van der Waals surface area contributed by atoms with Crippen LogP contribution in [0.5, 0.6) is 0 Å². The third-order valence-corrected chi connectivity index (χ3v) is 4.36. The summed E-state index contributed by atoms with van der Waals surface area (Å²) in [5, 5.41) is 24.7. The molecule has 2 atom stereocenters. The monoisotopic (exact) mass is 378 g/mol. The number of carboxylic acid groups (broad SMARTS) is 1. The van der Waals surface area contributed by atoms with E-state index in [0.29, 0.717) is 18.5 Å². The van der Waals surface area contributed by atoms with Gasteiger partial charge in [-0.15, -0.1) is 0 Å². The molecule has 27 heavy (non-hydrogen) atoms. The van der Waals surface area contributed by atoms with Crippen molar-refractivity contribution in [3.63, 3.8) is 0 Å². The molecule has 10 heteroatoms. The van der Waals surface area contributed by atoms with E-state index in [1.54, 1.807) is 0 Å². The molecule has 0 bridgehead atoms. The number of likely N-dealkylation sites (tertiary alicyclic amines) is 1. The van der Waals surface area contributed by atoms with Crippen LogP contribution < -0.4 is 10.6 Å². The smallest absolute Gasteiger partial charge is 0.315 e. The summed E-state index contributed by atoms with van der Waals surface area (Å²) in [5.41, 5.74) is 0.639. The van der Waals surface area contributed by atoms with Gasteiger partial charge in [0.1, 0.15) is 0 Å². The molecule has 1 aliphatic rings. The number of nitrogens with one attached hydrogen (secondary N) is 2. The minimum atomic E-state index is -0.923. The summed E-state index contributed by atoms with van der Waals surface area (Å²) >= 11 is 0. The van der Waals surface area contributed by atoms with E-state index in [9.17, 15) is 24.5 Å². The number of aliphatic carboxylic acids is 1. The summed E-state index contributed by atoms with van der Waals surface area (Å²) in [5.74, 6) is -1.76. The number of carbonyl (C=O) groups is 3. The van der Waals surface area contributed by atoms with Gasteiger partial charge in [0.25, 0.3) is 5.69 Å². The Labute approximate surface area is 155 Å². The number of benzene rings is 1. The molecule has 1 heterocycles. The SMILES string of the molecule is CC1CC(C(=O)O)CN(C(=O)CNC(=O)NCc2ccc([N+](=O)[O-])cc2)C1. The number of carbonyl (C=O) groups excluding carboxylic acids is 2. The lowest BCUT2D eigenvalue weighted by Gasteiger charge is -2.34. The highest BCUT2D eigenvalue weighted by molar-refractivity contribution is 5.84. The lowest BCUT2D eigenvalue weighted by Crippen LogP contribution is -2.49. The predicted molar refractivity (Wildman–Crippen MR) is 94.8 cm³/mol. The molecule has 1 saturated heterocycles. The van der Waals surface area contributed by atoms with Crippen molar-refractivity contribution in [2.45, 2.75) is 19.9 Å². The van der Waals surface area contributed by atoms with Crippen molar-refractivity contribution in [2.24, 2.45) is 11.8 Å². The summed E-state index contributed by atoms with van der Waals surface area (Å²) in [6, 6.07) is 5.20. The number of urea groups is 1. The first-order valence-electron chi connectivity index (χ1n) is 8.52. The highest BCUT2D eigenvalue weighted by atomic mass is 16.6. The van der Waals surface area contributed by atoms with E-state index in [4.69, 9.17) is 5.11 Å². The van der Waals surface area contributed by atoms with Crippen molar-refractivity contribution in [3.8, 4) is 0 Å². The first-order chi connectivity index (χ1) is 12.8. The van der Waals surface area contributed by atoms with Gasteiger partial charge in [0.15, 0.2) is 0 Å². The Balaban J connectivity index is 1.76. The quantitative estimate of drug-likeness (QED) is 0.497. The van der Waals surface area contributed by atoms with Crippen molar-refractivity contribution in [2.75, 3.05) is 19.6 Å². The van der Waals surface area contributed by atoms with E-state index in [2.05, 4.69) is 10.6 Å². The second kappa shape index (κ2) is 8.97. The van der Waals surface area contributed by atoms with E-state index in [1.165, 1.54) is 29.2 Å². The average molecular weight is 378 g/mol. The number of hydrogen-bond donors (Lipinski definition) is 3. The maximum absolute atomic E-state index is 12.2. The Hall–Kier alpha value is -3.17. The van der Waals surface area contributed by atoms with Crippen LogP contribution in [0.15, 0.2) is 24.3 Å². The fourth-order valence-corrected chi connectivity index (χ4v) is 2.98. The predicted octanol–water partition coefficient (Wildman–Crippen LogP) is 0.963. The maximum atomic E-state index is 12.2. The van der Waals surface area contributed by atoms with Crippen molar-refractivity contribution >= 4 is 23.6 Å². The van der Waals surface area contributed by atoms with E-state index < -0.39 is 22.8 Å². The van der Waals surface area contributed by atoms with Crippen LogP contribution in [0.4, 0.5) is 10.5 Å². The standard InChI is InChI=1S/C17H22N4O6/c1-11-6-13(16(23)24)10-20(9-11)15(22)8-19-17(25)18-7-12-2-4-14(5-3-12)21(26)27/h2-5,11,13H,6-10H2,1H3,(H,23,24)(H2,18,19,25). The second-order valence-corrected chi connectivity index (χ2v) is 6.63. The van der Waals surface area contributed by atoms with E-state index in [0.717, 1.165) is 0 Å². The summed E-state index contributed by atoms with van der Waals surface area (Å²) in [4.78, 5) is 46.7. The maximum Gasteiger partial charge on any atom is 0.315 e. The first kappa shape index (κ1) is 20.1. The lowest BCUT2D eigenvalue weighted by molar-refractivity contribution is -0.384. The minimum Gasteiger partial charge on any atom is -0.481 e. The van der Waals surface area contributed by atoms with Crippen LogP contribution in [0.25, 0.3) is 0 Å². The Kier molecular flexibility index (Phi) is 6.69. The molecule has 1 fully saturated rings. The van der Waals surface area contributed by atoms with Gasteiger partial charge in [-0.1, -0.05) is 19.1 Å². The molecule has 2 unspecified atom stereocenters. The van der Waals surface area contributed by atoms with E-state index in [-0.39, 0.29) is 37.1 Å². The third kappa shape index (κ3) is 5.94. The van der Waals surface area contributed by atoms with Gasteiger partial charge in [0.2, 0.25) is 5.91 Å². The van der Waals surface area contributed by atoms with E-state index >= 15 is 0 Å². The molecule has 1 aromatic rings. The van der Waals surface area contributed by atoms with Gasteiger partial charge in [-0.05, 0) is 17.9 Å². The topological polar surface area (TPSA) is 142 Å². The van der Waals surface area contributed by atoms with Crippen LogP contribution in [0, 0.1) is 22.0 Å². The molecule has 0 radical (unpaired) electrons. The number of carboxylic acids is 1. The normalized spacial score (nSPS) is 19.2. The van der Waals surface area contributed by atoms with Gasteiger partial charge < -0.3 is 20.6 Å². The summed E-state index contributed by atoms with van der Waals surface area (Å²) in [7, 11) is 0. The molecule has 2 rings (SSSR count). The van der Waals surface area contributed by atoms with Crippen LogP contribution in [0.1, 0.15) is 18.9 Å². The number of nitro benzene ring substituents is 1. The number of non-ortho nitro benzene ring substituents is 1. The van der Waals surface area contributed by atoms with Gasteiger partial charge in [0.05, 0.1) is 17.4 Å². The molecular weight excluding hydrogens is 356 g/mol. The van der Waals surface area contributed by atoms with Crippen molar-refractivity contribution < 1.29 is 24.4 Å². The van der Waals surface area contributed by atoms with Crippen LogP contribution in [-0.4, -0.2) is 52.5 Å². The molecule has 0 aliphatic carbocycles. The number of hydrogen-bond acceptors (Lipinski definition) is 5. The Morgan fingerprint density at radius 3 is 2.48 bits per heavy atom. The molecule has 1 aliphatic heterocycles. The number of piperidine rings is 1. The fourth-order valence-electron chi connectivity index (χ4n) is 2.98. The van der Waals surface area contributed by atoms with Crippen LogP contribution in [0.2, 0.25) is 0 Å². The summed E-state index contributed by atoms with van der Waals surface area (Å²) in [6.45, 7) is 2.42. The Morgan fingerprint density at radius 1 is 1.22 bits per heavy atom. The van der Waals surface area contributed by atoms with Crippen molar-refractivity contribution in [1.29, 1.82) is 0 Å². The van der Waals surface area contributed by atoms with Crippen molar-refractivity contribution in [1.82, 2.24) is 15.5 Å². The fraction of sp³-hybridized carbons (Fsp3) is 0.471. The molecular formula is C17H22N4O6. The van der Waals surface area contributed by atoms with Crippen LogP contribution >= 0.6 is 0 Å². The van der Waals surface area contributed by atoms with Crippen LogP contribution in [0.3, 0.4) is 0 Å². The highest BCUT2D eigenvalue weighted by Gasteiger charge is 2.31. The zero-order valence-corrected chi connectivity index (χ0v) is 14.9. The largest absolute Gasteiger partial charge is 0.481 e. The molecule has 0 spiro atoms. The lowest BCUT2D eigenvalue weighted by atomic mass is 9.90.